The molecular formula is C23H22ClFN2O4S. The van der Waals surface area contributed by atoms with Gasteiger partial charge in [-0.1, -0.05) is 41.9 Å². The molecule has 0 aliphatic rings. The smallest absolute Gasteiger partial charge is 0.264 e. The number of hydrogen-bond acceptors (Lipinski definition) is 4. The molecule has 0 saturated heterocycles. The van der Waals surface area contributed by atoms with Crippen LogP contribution in [0.5, 0.6) is 5.75 Å². The molecule has 0 spiro atoms. The lowest BCUT2D eigenvalue weighted by atomic mass is 10.2. The fourth-order valence-corrected chi connectivity index (χ4v) is 4.53. The summed E-state index contributed by atoms with van der Waals surface area (Å²) in [5, 5.41) is 2.43. The second-order valence-electron chi connectivity index (χ2n) is 7.13. The summed E-state index contributed by atoms with van der Waals surface area (Å²) in [7, 11) is -4.14. The molecule has 0 aliphatic heterocycles. The maximum atomic E-state index is 13.7. The number of para-hydroxylation sites is 2. The summed E-state index contributed by atoms with van der Waals surface area (Å²) in [6.07, 6.45) is -0.121. The number of carbonyl (C=O) groups is 1. The quantitative estimate of drug-likeness (QED) is 0.490. The van der Waals surface area contributed by atoms with Crippen LogP contribution in [0.3, 0.4) is 0 Å². The van der Waals surface area contributed by atoms with Crippen LogP contribution in [0.4, 0.5) is 15.8 Å². The van der Waals surface area contributed by atoms with Crippen LogP contribution in [0.1, 0.15) is 13.8 Å². The summed E-state index contributed by atoms with van der Waals surface area (Å²) >= 11 is 5.88. The first kappa shape index (κ1) is 23.6. The molecule has 3 aromatic rings. The minimum Gasteiger partial charge on any atom is -0.489 e. The molecule has 32 heavy (non-hydrogen) atoms. The number of hydrogen-bond donors (Lipinski definition) is 1. The molecule has 3 rings (SSSR count). The van der Waals surface area contributed by atoms with Gasteiger partial charge in [-0.3, -0.25) is 9.10 Å². The third kappa shape index (κ3) is 5.57. The van der Waals surface area contributed by atoms with Crippen molar-refractivity contribution in [1.82, 2.24) is 0 Å². The van der Waals surface area contributed by atoms with Crippen molar-refractivity contribution in [2.24, 2.45) is 0 Å². The number of nitrogens with one attached hydrogen (secondary N) is 1. The van der Waals surface area contributed by atoms with Crippen LogP contribution in [0.2, 0.25) is 5.02 Å². The first-order valence-electron chi connectivity index (χ1n) is 9.77. The zero-order valence-corrected chi connectivity index (χ0v) is 19.0. The topological polar surface area (TPSA) is 75.7 Å². The number of rotatable bonds is 8. The summed E-state index contributed by atoms with van der Waals surface area (Å²) < 4.78 is 46.9. The van der Waals surface area contributed by atoms with E-state index in [1.54, 1.807) is 42.5 Å². The van der Waals surface area contributed by atoms with E-state index in [-0.39, 0.29) is 21.7 Å². The van der Waals surface area contributed by atoms with Crippen LogP contribution < -0.4 is 14.4 Å². The summed E-state index contributed by atoms with van der Waals surface area (Å²) in [4.78, 5) is 12.9. The van der Waals surface area contributed by atoms with E-state index in [1.165, 1.54) is 24.3 Å². The highest BCUT2D eigenvalue weighted by molar-refractivity contribution is 7.92. The monoisotopic (exact) mass is 476 g/mol. The molecule has 0 heterocycles. The Kier molecular flexibility index (Phi) is 7.37. The molecule has 0 aliphatic carbocycles. The number of anilines is 2. The second-order valence-corrected chi connectivity index (χ2v) is 9.40. The van der Waals surface area contributed by atoms with Crippen molar-refractivity contribution in [3.05, 3.63) is 83.6 Å². The van der Waals surface area contributed by atoms with Crippen LogP contribution in [-0.2, 0) is 14.8 Å². The van der Waals surface area contributed by atoms with Crippen molar-refractivity contribution < 1.29 is 22.3 Å². The molecule has 6 nitrogen and oxygen atoms in total. The van der Waals surface area contributed by atoms with E-state index in [9.17, 15) is 17.6 Å². The van der Waals surface area contributed by atoms with Crippen molar-refractivity contribution in [3.8, 4) is 5.75 Å². The van der Waals surface area contributed by atoms with E-state index in [0.717, 1.165) is 10.4 Å². The molecule has 0 saturated carbocycles. The predicted octanol–water partition coefficient (Wildman–Crippen LogP) is 5.10. The Hall–Kier alpha value is -3.10. The standard InChI is InChI=1S/C23H22ClFN2O4S/c1-16(2)31-22-11-7-6-10-21(22)26-23(28)15-27(17-12-13-20(25)19(24)14-17)32(29,30)18-8-4-3-5-9-18/h3-14,16H,15H2,1-2H3,(H,26,28). The van der Waals surface area contributed by atoms with Crippen LogP contribution in [0.25, 0.3) is 0 Å². The van der Waals surface area contributed by atoms with Gasteiger partial charge in [-0.25, -0.2) is 12.8 Å². The SMILES string of the molecule is CC(C)Oc1ccccc1NC(=O)CN(c1ccc(F)c(Cl)c1)S(=O)(=O)c1ccccc1. The van der Waals surface area contributed by atoms with Gasteiger partial charge < -0.3 is 10.1 Å². The van der Waals surface area contributed by atoms with Gasteiger partial charge in [-0.15, -0.1) is 0 Å². The average Bonchev–Trinajstić information content (AvgIpc) is 2.75. The van der Waals surface area contributed by atoms with Gasteiger partial charge in [0.05, 0.1) is 27.4 Å². The highest BCUT2D eigenvalue weighted by Gasteiger charge is 2.28. The van der Waals surface area contributed by atoms with E-state index in [0.29, 0.717) is 11.4 Å². The molecule has 3 aromatic carbocycles. The number of sulfonamides is 1. The minimum atomic E-state index is -4.14. The first-order chi connectivity index (χ1) is 15.2. The summed E-state index contributed by atoms with van der Waals surface area (Å²) in [5.74, 6) is -0.848. The Morgan fingerprint density at radius 1 is 1.06 bits per heavy atom. The van der Waals surface area contributed by atoms with Gasteiger partial charge in [0, 0.05) is 0 Å². The van der Waals surface area contributed by atoms with E-state index < -0.39 is 28.3 Å². The zero-order chi connectivity index (χ0) is 23.3. The number of ether oxygens (including phenoxy) is 1. The maximum Gasteiger partial charge on any atom is 0.264 e. The molecule has 1 amide bonds. The van der Waals surface area contributed by atoms with Crippen LogP contribution >= 0.6 is 11.6 Å². The van der Waals surface area contributed by atoms with E-state index in [1.807, 2.05) is 13.8 Å². The van der Waals surface area contributed by atoms with Crippen molar-refractivity contribution >= 4 is 38.9 Å². The third-order valence-corrected chi connectivity index (χ3v) is 6.41. The second kappa shape index (κ2) is 10.0. The third-order valence-electron chi connectivity index (χ3n) is 4.33. The van der Waals surface area contributed by atoms with Gasteiger partial charge in [0.2, 0.25) is 5.91 Å². The maximum absolute atomic E-state index is 13.7. The molecule has 0 aromatic heterocycles. The Morgan fingerprint density at radius 3 is 2.38 bits per heavy atom. The highest BCUT2D eigenvalue weighted by Crippen LogP contribution is 2.29. The Balaban J connectivity index is 1.95. The van der Waals surface area contributed by atoms with Gasteiger partial charge >= 0.3 is 0 Å². The van der Waals surface area contributed by atoms with Crippen molar-refractivity contribution in [2.75, 3.05) is 16.2 Å². The molecular weight excluding hydrogens is 455 g/mol. The summed E-state index contributed by atoms with van der Waals surface area (Å²) in [5.41, 5.74) is 0.461. The summed E-state index contributed by atoms with van der Waals surface area (Å²) in [6.45, 7) is 3.14. The van der Waals surface area contributed by atoms with Gasteiger partial charge in [-0.2, -0.15) is 0 Å². The lowest BCUT2D eigenvalue weighted by molar-refractivity contribution is -0.114. The van der Waals surface area contributed by atoms with Crippen LogP contribution in [-0.4, -0.2) is 27.0 Å². The zero-order valence-electron chi connectivity index (χ0n) is 17.5. The lowest BCUT2D eigenvalue weighted by Crippen LogP contribution is -2.38. The Bertz CT molecular complexity index is 1200. The number of nitrogens with zero attached hydrogens (tertiary/aromatic N) is 1. The normalized spacial score (nSPS) is 11.3. The Labute approximate surface area is 191 Å². The number of amides is 1. The lowest BCUT2D eigenvalue weighted by Gasteiger charge is -2.24. The van der Waals surface area contributed by atoms with Crippen molar-refractivity contribution in [2.45, 2.75) is 24.8 Å². The molecule has 0 atom stereocenters. The highest BCUT2D eigenvalue weighted by atomic mass is 35.5. The molecule has 0 unspecified atom stereocenters. The molecule has 0 fully saturated rings. The van der Waals surface area contributed by atoms with Crippen LogP contribution in [0.15, 0.2) is 77.7 Å². The first-order valence-corrected chi connectivity index (χ1v) is 11.6. The molecule has 0 bridgehead atoms. The molecule has 0 radical (unpaired) electrons. The fourth-order valence-electron chi connectivity index (χ4n) is 2.92. The number of benzene rings is 3. The predicted molar refractivity (Wildman–Crippen MR) is 123 cm³/mol. The van der Waals surface area contributed by atoms with E-state index in [2.05, 4.69) is 5.32 Å². The van der Waals surface area contributed by atoms with Crippen LogP contribution in [0, 0.1) is 5.82 Å². The minimum absolute atomic E-state index is 0.0169. The number of halogens is 2. The molecule has 1 N–H and O–H groups in total. The van der Waals surface area contributed by atoms with Gasteiger partial charge in [0.1, 0.15) is 18.1 Å². The molecule has 9 heteroatoms. The largest absolute Gasteiger partial charge is 0.489 e. The van der Waals surface area contributed by atoms with Gasteiger partial charge in [-0.05, 0) is 56.3 Å². The average molecular weight is 477 g/mol. The van der Waals surface area contributed by atoms with Crippen molar-refractivity contribution in [3.63, 3.8) is 0 Å². The molecule has 168 valence electrons. The van der Waals surface area contributed by atoms with Crippen molar-refractivity contribution in [1.29, 1.82) is 0 Å². The van der Waals surface area contributed by atoms with Gasteiger partial charge in [0.25, 0.3) is 10.0 Å². The number of carbonyl (C=O) groups excluding carboxylic acids is 1. The van der Waals surface area contributed by atoms with E-state index >= 15 is 0 Å². The summed E-state index contributed by atoms with van der Waals surface area (Å²) in [6, 6.07) is 18.0. The fraction of sp³-hybridized carbons (Fsp3) is 0.174. The Morgan fingerprint density at radius 2 is 1.72 bits per heavy atom. The van der Waals surface area contributed by atoms with Gasteiger partial charge in [0.15, 0.2) is 0 Å². The van der Waals surface area contributed by atoms with E-state index in [4.69, 9.17) is 16.3 Å².